The van der Waals surface area contributed by atoms with E-state index >= 15 is 0 Å². The molecule has 1 saturated heterocycles. The first-order valence-electron chi connectivity index (χ1n) is 9.37. The van der Waals surface area contributed by atoms with Gasteiger partial charge in [0.2, 0.25) is 5.95 Å². The summed E-state index contributed by atoms with van der Waals surface area (Å²) in [5, 5.41) is 3.10. The quantitative estimate of drug-likeness (QED) is 0.844. The SMILES string of the molecule is O=C(NC[C@@H]1C[C@@H]2C=C[C@@H]1C21CC1)c1cnc(N2CCOCC2)nc1. The van der Waals surface area contributed by atoms with Gasteiger partial charge in [-0.3, -0.25) is 4.79 Å². The van der Waals surface area contributed by atoms with E-state index in [-0.39, 0.29) is 5.91 Å². The Hall–Kier alpha value is -1.95. The van der Waals surface area contributed by atoms with Crippen molar-refractivity contribution in [1.29, 1.82) is 0 Å². The van der Waals surface area contributed by atoms with E-state index in [2.05, 4.69) is 32.3 Å². The summed E-state index contributed by atoms with van der Waals surface area (Å²) in [4.78, 5) is 23.2. The summed E-state index contributed by atoms with van der Waals surface area (Å²) in [5.74, 6) is 2.64. The lowest BCUT2D eigenvalue weighted by Gasteiger charge is -2.26. The van der Waals surface area contributed by atoms with Crippen LogP contribution in [0.4, 0.5) is 5.95 Å². The number of aromatic nitrogens is 2. The second kappa shape index (κ2) is 5.80. The predicted octanol–water partition coefficient (Wildman–Crippen LogP) is 1.65. The van der Waals surface area contributed by atoms with Gasteiger partial charge in [-0.1, -0.05) is 12.2 Å². The van der Waals surface area contributed by atoms with Crippen molar-refractivity contribution in [2.45, 2.75) is 19.3 Å². The summed E-state index contributed by atoms with van der Waals surface area (Å²) < 4.78 is 5.34. The molecule has 1 amide bonds. The molecule has 2 heterocycles. The molecule has 2 saturated carbocycles. The molecule has 0 unspecified atom stereocenters. The number of amides is 1. The van der Waals surface area contributed by atoms with Crippen molar-refractivity contribution < 1.29 is 9.53 Å². The van der Waals surface area contributed by atoms with E-state index in [1.165, 1.54) is 19.3 Å². The van der Waals surface area contributed by atoms with E-state index < -0.39 is 0 Å². The minimum absolute atomic E-state index is 0.0647. The summed E-state index contributed by atoms with van der Waals surface area (Å²) in [7, 11) is 0. The van der Waals surface area contributed by atoms with E-state index in [4.69, 9.17) is 4.74 Å². The number of nitrogens with zero attached hydrogens (tertiary/aromatic N) is 3. The second-order valence-corrected chi connectivity index (χ2v) is 7.83. The van der Waals surface area contributed by atoms with Crippen LogP contribution < -0.4 is 10.2 Å². The predicted molar refractivity (Wildman–Crippen MR) is 93.3 cm³/mol. The van der Waals surface area contributed by atoms with Gasteiger partial charge in [-0.2, -0.15) is 0 Å². The third-order valence-electron chi connectivity index (χ3n) is 6.56. The van der Waals surface area contributed by atoms with Crippen LogP contribution in [0.1, 0.15) is 29.6 Å². The molecule has 25 heavy (non-hydrogen) atoms. The van der Waals surface area contributed by atoms with Crippen LogP contribution in [0, 0.1) is 23.2 Å². The second-order valence-electron chi connectivity index (χ2n) is 7.83. The number of ether oxygens (including phenoxy) is 1. The summed E-state index contributed by atoms with van der Waals surface area (Å²) in [6.07, 6.45) is 12.1. The molecule has 1 N–H and O–H groups in total. The standard InChI is InChI=1S/C19H24N4O2/c24-17(14-11-21-18(22-12-14)23-5-7-25-8-6-23)20-10-13-9-15-1-2-16(13)19(15)3-4-19/h1-2,11-13,15-16H,3-10H2,(H,20,24)/t13-,15-,16-/m0/s1. The molecule has 4 aliphatic rings. The van der Waals surface area contributed by atoms with E-state index in [1.54, 1.807) is 12.4 Å². The summed E-state index contributed by atoms with van der Waals surface area (Å²) in [6, 6.07) is 0. The Morgan fingerprint density at radius 3 is 2.68 bits per heavy atom. The molecular weight excluding hydrogens is 316 g/mol. The maximum atomic E-state index is 12.4. The molecule has 1 aromatic rings. The smallest absolute Gasteiger partial charge is 0.254 e. The van der Waals surface area contributed by atoms with Crippen molar-refractivity contribution in [3.8, 4) is 0 Å². The molecule has 1 aliphatic heterocycles. The van der Waals surface area contributed by atoms with Crippen LogP contribution in [0.25, 0.3) is 0 Å². The van der Waals surface area contributed by atoms with Gasteiger partial charge < -0.3 is 15.0 Å². The van der Waals surface area contributed by atoms with Crippen LogP contribution >= 0.6 is 0 Å². The number of nitrogens with one attached hydrogen (secondary N) is 1. The number of carbonyl (C=O) groups excluding carboxylic acids is 1. The molecule has 6 nitrogen and oxygen atoms in total. The van der Waals surface area contributed by atoms with Crippen molar-refractivity contribution in [2.75, 3.05) is 37.7 Å². The fraction of sp³-hybridized carbons (Fsp3) is 0.632. The van der Waals surface area contributed by atoms with Gasteiger partial charge in [0.15, 0.2) is 0 Å². The monoisotopic (exact) mass is 340 g/mol. The Kier molecular flexibility index (Phi) is 3.55. The van der Waals surface area contributed by atoms with Gasteiger partial charge in [0.1, 0.15) is 0 Å². The first-order chi connectivity index (χ1) is 12.3. The largest absolute Gasteiger partial charge is 0.378 e. The number of carbonyl (C=O) groups is 1. The lowest BCUT2D eigenvalue weighted by atomic mass is 9.89. The number of hydrogen-bond donors (Lipinski definition) is 1. The van der Waals surface area contributed by atoms with Gasteiger partial charge in [0.05, 0.1) is 18.8 Å². The lowest BCUT2D eigenvalue weighted by Crippen LogP contribution is -2.37. The van der Waals surface area contributed by atoms with E-state index in [0.29, 0.717) is 42.0 Å². The van der Waals surface area contributed by atoms with Crippen LogP contribution in [0.3, 0.4) is 0 Å². The minimum atomic E-state index is -0.0647. The van der Waals surface area contributed by atoms with E-state index in [1.807, 2.05) is 0 Å². The van der Waals surface area contributed by atoms with Gasteiger partial charge in [-0.25, -0.2) is 9.97 Å². The highest BCUT2D eigenvalue weighted by atomic mass is 16.5. The van der Waals surface area contributed by atoms with Crippen molar-refractivity contribution in [1.82, 2.24) is 15.3 Å². The Labute approximate surface area is 147 Å². The van der Waals surface area contributed by atoms with Gasteiger partial charge >= 0.3 is 0 Å². The van der Waals surface area contributed by atoms with Crippen LogP contribution in [0.5, 0.6) is 0 Å². The average Bonchev–Trinajstić information content (AvgIpc) is 3.34. The number of morpholine rings is 1. The molecule has 0 radical (unpaired) electrons. The Bertz CT molecular complexity index is 692. The molecule has 6 heteroatoms. The molecule has 3 atom stereocenters. The molecule has 132 valence electrons. The van der Waals surface area contributed by atoms with Gasteiger partial charge in [0, 0.05) is 32.0 Å². The highest BCUT2D eigenvalue weighted by Crippen LogP contribution is 2.69. The normalized spacial score (nSPS) is 31.5. The third-order valence-corrected chi connectivity index (χ3v) is 6.56. The van der Waals surface area contributed by atoms with E-state index in [9.17, 15) is 4.79 Å². The first-order valence-corrected chi connectivity index (χ1v) is 9.37. The van der Waals surface area contributed by atoms with Gasteiger partial charge in [-0.05, 0) is 42.4 Å². The Balaban J connectivity index is 1.18. The fourth-order valence-electron chi connectivity index (χ4n) is 5.05. The zero-order chi connectivity index (χ0) is 16.9. The molecule has 0 aromatic carbocycles. The molecule has 3 aliphatic carbocycles. The molecule has 1 spiro atoms. The van der Waals surface area contributed by atoms with Crippen molar-refractivity contribution in [3.63, 3.8) is 0 Å². The first kappa shape index (κ1) is 15.3. The maximum Gasteiger partial charge on any atom is 0.254 e. The molecule has 3 fully saturated rings. The van der Waals surface area contributed by atoms with Crippen molar-refractivity contribution in [3.05, 3.63) is 30.1 Å². The molecule has 1 aromatic heterocycles. The number of hydrogen-bond acceptors (Lipinski definition) is 5. The lowest BCUT2D eigenvalue weighted by molar-refractivity contribution is 0.0943. The Morgan fingerprint density at radius 2 is 2.00 bits per heavy atom. The topological polar surface area (TPSA) is 67.4 Å². The third kappa shape index (κ3) is 2.54. The summed E-state index contributed by atoms with van der Waals surface area (Å²) in [6.45, 7) is 3.75. The summed E-state index contributed by atoms with van der Waals surface area (Å²) >= 11 is 0. The molecule has 2 bridgehead atoms. The zero-order valence-electron chi connectivity index (χ0n) is 14.4. The number of rotatable bonds is 4. The average molecular weight is 340 g/mol. The van der Waals surface area contributed by atoms with Crippen molar-refractivity contribution in [2.24, 2.45) is 23.2 Å². The van der Waals surface area contributed by atoms with Crippen LogP contribution in [0.15, 0.2) is 24.5 Å². The Morgan fingerprint density at radius 1 is 1.24 bits per heavy atom. The number of allylic oxidation sites excluding steroid dienone is 2. The maximum absolute atomic E-state index is 12.4. The van der Waals surface area contributed by atoms with Gasteiger partial charge in [-0.15, -0.1) is 0 Å². The van der Waals surface area contributed by atoms with Crippen LogP contribution in [0.2, 0.25) is 0 Å². The van der Waals surface area contributed by atoms with E-state index in [0.717, 1.165) is 25.6 Å². The highest BCUT2D eigenvalue weighted by Gasteiger charge is 2.62. The molecule has 5 rings (SSSR count). The number of anilines is 1. The summed E-state index contributed by atoms with van der Waals surface area (Å²) in [5.41, 5.74) is 1.12. The van der Waals surface area contributed by atoms with Crippen LogP contribution in [-0.2, 0) is 4.74 Å². The highest BCUT2D eigenvalue weighted by molar-refractivity contribution is 5.93. The fourth-order valence-corrected chi connectivity index (χ4v) is 5.05. The zero-order valence-corrected chi connectivity index (χ0v) is 14.4. The van der Waals surface area contributed by atoms with Crippen molar-refractivity contribution >= 4 is 11.9 Å². The van der Waals surface area contributed by atoms with Crippen LogP contribution in [-0.4, -0.2) is 48.7 Å². The minimum Gasteiger partial charge on any atom is -0.378 e. The van der Waals surface area contributed by atoms with Gasteiger partial charge in [0.25, 0.3) is 5.91 Å². The molecular formula is C19H24N4O2.